The Morgan fingerprint density at radius 2 is 1.19 bits per heavy atom. The van der Waals surface area contributed by atoms with Gasteiger partial charge in [0.05, 0.1) is 0 Å². The van der Waals surface area contributed by atoms with E-state index < -0.39 is 29.2 Å². The van der Waals surface area contributed by atoms with Gasteiger partial charge in [-0.2, -0.15) is 26.3 Å². The molecule has 0 aliphatic heterocycles. The average Bonchev–Trinajstić information content (AvgIpc) is 2.51. The molecule has 0 aliphatic rings. The van der Waals surface area contributed by atoms with Crippen molar-refractivity contribution >= 4 is 32.9 Å². The zero-order valence-corrected chi connectivity index (χ0v) is 12.9. The number of aliphatic hydroxyl groups is 1. The number of hydrogen-bond donors (Lipinski definition) is 3. The summed E-state index contributed by atoms with van der Waals surface area (Å²) in [7, 11) is 0. The van der Waals surface area contributed by atoms with Gasteiger partial charge in [-0.1, -0.05) is 18.2 Å². The van der Waals surface area contributed by atoms with Crippen LogP contribution in [0.15, 0.2) is 42.5 Å². The van der Waals surface area contributed by atoms with Crippen molar-refractivity contribution in [1.29, 1.82) is 0 Å². The lowest BCUT2D eigenvalue weighted by molar-refractivity contribution is -0.375. The number of anilines is 2. The van der Waals surface area contributed by atoms with Crippen LogP contribution in [0.25, 0.3) is 21.5 Å². The molecule has 0 radical (unpaired) electrons. The van der Waals surface area contributed by atoms with Gasteiger partial charge in [-0.15, -0.1) is 0 Å². The highest BCUT2D eigenvalue weighted by Crippen LogP contribution is 2.52. The van der Waals surface area contributed by atoms with Gasteiger partial charge >= 0.3 is 12.4 Å². The van der Waals surface area contributed by atoms with Gasteiger partial charge in [0.1, 0.15) is 0 Å². The van der Waals surface area contributed by atoms with Crippen molar-refractivity contribution in [2.24, 2.45) is 0 Å². The average molecular weight is 374 g/mol. The molecule has 0 fully saturated rings. The summed E-state index contributed by atoms with van der Waals surface area (Å²) in [5.41, 5.74) is 4.02. The number of benzene rings is 3. The van der Waals surface area contributed by atoms with E-state index in [1.165, 1.54) is 12.1 Å². The largest absolute Gasteiger partial charge is 0.430 e. The van der Waals surface area contributed by atoms with Crippen LogP contribution < -0.4 is 11.5 Å². The van der Waals surface area contributed by atoms with Crippen LogP contribution in [0.4, 0.5) is 37.7 Å². The Morgan fingerprint density at radius 3 is 1.77 bits per heavy atom. The lowest BCUT2D eigenvalue weighted by Gasteiger charge is -2.33. The third-order valence-electron chi connectivity index (χ3n) is 4.24. The minimum atomic E-state index is -6.02. The number of alkyl halides is 6. The highest BCUT2D eigenvalue weighted by Gasteiger charge is 2.72. The highest BCUT2D eigenvalue weighted by atomic mass is 19.4. The Labute approximate surface area is 142 Å². The molecule has 138 valence electrons. The lowest BCUT2D eigenvalue weighted by atomic mass is 9.87. The molecular weight excluding hydrogens is 362 g/mol. The van der Waals surface area contributed by atoms with Gasteiger partial charge in [-0.05, 0) is 45.8 Å². The number of fused-ring (bicyclic) bond motifs is 3. The minimum Gasteiger partial charge on any atom is -0.399 e. The molecule has 0 spiro atoms. The molecule has 9 heteroatoms. The lowest BCUT2D eigenvalue weighted by Crippen LogP contribution is -2.54. The van der Waals surface area contributed by atoms with E-state index in [4.69, 9.17) is 11.5 Å². The van der Waals surface area contributed by atoms with Gasteiger partial charge in [0, 0.05) is 16.9 Å². The van der Waals surface area contributed by atoms with E-state index in [1.807, 2.05) is 0 Å². The number of halogens is 6. The van der Waals surface area contributed by atoms with Crippen LogP contribution in [0.5, 0.6) is 0 Å². The molecule has 5 N–H and O–H groups in total. The quantitative estimate of drug-likeness (QED) is 0.334. The van der Waals surface area contributed by atoms with Crippen LogP contribution in [0.1, 0.15) is 5.56 Å². The van der Waals surface area contributed by atoms with Gasteiger partial charge in [0.15, 0.2) is 0 Å². The van der Waals surface area contributed by atoms with E-state index in [0.29, 0.717) is 22.2 Å². The molecule has 3 aromatic rings. The zero-order chi connectivity index (χ0) is 19.5. The summed E-state index contributed by atoms with van der Waals surface area (Å²) in [6, 6.07) is 9.29. The molecular formula is C17H12F6N2O. The predicted molar refractivity (Wildman–Crippen MR) is 86.3 cm³/mol. The van der Waals surface area contributed by atoms with Gasteiger partial charge in [0.2, 0.25) is 0 Å². The standard InChI is InChI=1S/C17H12F6N2O/c18-16(19,20)15(26,17(21,22)23)13-7-12-9(5-14(13)25)2-1-8-3-4-10(24)6-11(8)12/h1-7,26H,24-25H2. The second-order valence-electron chi connectivity index (χ2n) is 5.91. The first-order valence-corrected chi connectivity index (χ1v) is 7.24. The summed E-state index contributed by atoms with van der Waals surface area (Å²) in [5, 5.41) is 10.9. The summed E-state index contributed by atoms with van der Waals surface area (Å²) in [5.74, 6) is 0. The summed E-state index contributed by atoms with van der Waals surface area (Å²) in [6.07, 6.45) is -12.0. The first kappa shape index (κ1) is 18.1. The molecule has 0 heterocycles. The van der Waals surface area contributed by atoms with Crippen LogP contribution in [0, 0.1) is 0 Å². The van der Waals surface area contributed by atoms with Gasteiger partial charge in [-0.3, -0.25) is 0 Å². The van der Waals surface area contributed by atoms with E-state index in [9.17, 15) is 31.4 Å². The van der Waals surface area contributed by atoms with E-state index in [2.05, 4.69) is 0 Å². The van der Waals surface area contributed by atoms with Crippen LogP contribution >= 0.6 is 0 Å². The highest BCUT2D eigenvalue weighted by molar-refractivity contribution is 6.09. The maximum Gasteiger partial charge on any atom is 0.430 e. The molecule has 0 aromatic heterocycles. The maximum atomic E-state index is 13.2. The number of nitrogens with two attached hydrogens (primary N) is 2. The van der Waals surface area contributed by atoms with Crippen LogP contribution in [-0.4, -0.2) is 17.5 Å². The van der Waals surface area contributed by atoms with Gasteiger partial charge in [-0.25, -0.2) is 0 Å². The summed E-state index contributed by atoms with van der Waals surface area (Å²) in [4.78, 5) is 0. The minimum absolute atomic E-state index is 0.0610. The van der Waals surface area contributed by atoms with Crippen LogP contribution in [-0.2, 0) is 5.60 Å². The molecule has 0 bridgehead atoms. The van der Waals surface area contributed by atoms with E-state index >= 15 is 0 Å². The van der Waals surface area contributed by atoms with Crippen molar-refractivity contribution in [3.63, 3.8) is 0 Å². The number of rotatable bonds is 1. The fourth-order valence-electron chi connectivity index (χ4n) is 2.92. The predicted octanol–water partition coefficient (Wildman–Crippen LogP) is 4.47. The Hall–Kier alpha value is -2.68. The normalized spacial score (nSPS) is 13.5. The number of nitrogen functional groups attached to an aromatic ring is 2. The van der Waals surface area contributed by atoms with E-state index in [0.717, 1.165) is 6.07 Å². The molecule has 26 heavy (non-hydrogen) atoms. The molecule has 0 atom stereocenters. The van der Waals surface area contributed by atoms with Crippen molar-refractivity contribution < 1.29 is 31.4 Å². The Bertz CT molecular complexity index is 996. The molecule has 0 aliphatic carbocycles. The molecule has 3 aromatic carbocycles. The Kier molecular flexibility index (Phi) is 3.77. The smallest absolute Gasteiger partial charge is 0.399 e. The zero-order valence-electron chi connectivity index (χ0n) is 12.9. The maximum absolute atomic E-state index is 13.2. The van der Waals surface area contributed by atoms with Crippen molar-refractivity contribution in [2.45, 2.75) is 18.0 Å². The van der Waals surface area contributed by atoms with Gasteiger partial charge < -0.3 is 16.6 Å². The molecule has 3 rings (SSSR count). The fraction of sp³-hybridized carbons (Fsp3) is 0.176. The topological polar surface area (TPSA) is 72.3 Å². The summed E-state index contributed by atoms with van der Waals surface area (Å²) >= 11 is 0. The summed E-state index contributed by atoms with van der Waals surface area (Å²) < 4.78 is 79.2. The molecule has 3 nitrogen and oxygen atoms in total. The monoisotopic (exact) mass is 374 g/mol. The molecule has 0 unspecified atom stereocenters. The second-order valence-corrected chi connectivity index (χ2v) is 5.91. The van der Waals surface area contributed by atoms with E-state index in [1.54, 1.807) is 18.2 Å². The van der Waals surface area contributed by atoms with Crippen molar-refractivity contribution in [3.8, 4) is 0 Å². The SMILES string of the molecule is Nc1ccc2ccc3cc(N)c(C(O)(C(F)(F)F)C(F)(F)F)cc3c2c1. The van der Waals surface area contributed by atoms with Crippen molar-refractivity contribution in [2.75, 3.05) is 11.5 Å². The van der Waals surface area contributed by atoms with Gasteiger partial charge in [0.25, 0.3) is 5.60 Å². The third-order valence-corrected chi connectivity index (χ3v) is 4.24. The Balaban J connectivity index is 2.45. The third kappa shape index (κ3) is 2.50. The van der Waals surface area contributed by atoms with Crippen LogP contribution in [0.2, 0.25) is 0 Å². The second kappa shape index (κ2) is 5.41. The van der Waals surface area contributed by atoms with Crippen molar-refractivity contribution in [3.05, 3.63) is 48.0 Å². The van der Waals surface area contributed by atoms with Crippen molar-refractivity contribution in [1.82, 2.24) is 0 Å². The Morgan fingerprint density at radius 1 is 0.692 bits per heavy atom. The summed E-state index contributed by atoms with van der Waals surface area (Å²) in [6.45, 7) is 0. The fourth-order valence-corrected chi connectivity index (χ4v) is 2.92. The molecule has 0 amide bonds. The molecule has 0 saturated heterocycles. The molecule has 0 saturated carbocycles. The van der Waals surface area contributed by atoms with E-state index in [-0.39, 0.29) is 11.1 Å². The first-order valence-electron chi connectivity index (χ1n) is 7.24. The first-order chi connectivity index (χ1) is 11.9. The number of hydrogen-bond acceptors (Lipinski definition) is 3. The van der Waals surface area contributed by atoms with Crippen LogP contribution in [0.3, 0.4) is 0 Å².